The molecule has 2 saturated carbocycles. The molecular weight excluding hydrogens is 337 g/mol. The van der Waals surface area contributed by atoms with E-state index in [4.69, 9.17) is 9.47 Å². The summed E-state index contributed by atoms with van der Waals surface area (Å²) in [4.78, 5) is 4.65. The summed E-state index contributed by atoms with van der Waals surface area (Å²) >= 11 is 0. The first-order valence-corrected chi connectivity index (χ1v) is 7.82. The molecule has 2 fully saturated rings. The van der Waals surface area contributed by atoms with E-state index in [9.17, 15) is 0 Å². The second-order valence-electron chi connectivity index (χ2n) is 5.28. The molecule has 0 unspecified atom stereocenters. The first-order valence-electron chi connectivity index (χ1n) is 7.82. The number of rotatable bonds is 5. The van der Waals surface area contributed by atoms with Crippen LogP contribution in [0.1, 0.15) is 26.7 Å². The zero-order valence-corrected chi connectivity index (χ0v) is 16.0. The molecule has 1 heterocycles. The minimum Gasteiger partial charge on any atom is -0.481 e. The van der Waals surface area contributed by atoms with Crippen LogP contribution in [-0.2, 0) is 26.5 Å². The van der Waals surface area contributed by atoms with Crippen LogP contribution in [-0.4, -0.2) is 31.3 Å². The Kier molecular flexibility index (Phi) is 13.1. The molecule has 0 aromatic carbocycles. The minimum atomic E-state index is -0.200. The van der Waals surface area contributed by atoms with Gasteiger partial charge in [-0.2, -0.15) is 0 Å². The van der Waals surface area contributed by atoms with Crippen molar-refractivity contribution >= 4 is 5.90 Å². The van der Waals surface area contributed by atoms with Crippen molar-refractivity contribution in [1.29, 1.82) is 0 Å². The maximum atomic E-state index is 5.69. The molecule has 3 nitrogen and oxygen atoms in total. The van der Waals surface area contributed by atoms with Crippen molar-refractivity contribution in [3.63, 3.8) is 0 Å². The van der Waals surface area contributed by atoms with Crippen LogP contribution in [0.2, 0.25) is 0 Å². The summed E-state index contributed by atoms with van der Waals surface area (Å²) in [6.45, 7) is 4.87. The Balaban J connectivity index is 0.000000652. The van der Waals surface area contributed by atoms with Crippen LogP contribution in [0.5, 0.6) is 0 Å². The molecule has 5 heteroatoms. The molecule has 0 spiro atoms. The fraction of sp³-hybridized carbons (Fsp3) is 0.421. The third kappa shape index (κ3) is 6.37. The predicted octanol–water partition coefficient (Wildman–Crippen LogP) is 0.294. The maximum absolute atomic E-state index is 5.69. The SMILES string of the molecule is CCC(CC)(OC)[C@@H]1COC([C]2[C-][CH][CH][CH]2)=N1.[CH]1[CH][CH][CH][CH]1.[Fe+2].[Li+]. The standard InChI is InChI=1S/C14H19NO2.C5H5.Fe.Li/c1-4-14(5-2,16-3)12-10-17-13(15-12)11-8-6-7-9-11;1-2-4-5-3-1;;/h6-8,12H,4-5,10H2,1-3H3;1-5H;;/q-1;;+2;+1/t12-;;;/m0.../s1. The van der Waals surface area contributed by atoms with Crippen LogP contribution in [0.4, 0.5) is 0 Å². The van der Waals surface area contributed by atoms with Crippen LogP contribution in [0.15, 0.2) is 4.99 Å². The average molecular weight is 361 g/mol. The van der Waals surface area contributed by atoms with E-state index in [-0.39, 0.29) is 47.6 Å². The van der Waals surface area contributed by atoms with E-state index in [0.29, 0.717) is 12.5 Å². The Morgan fingerprint density at radius 2 is 1.75 bits per heavy atom. The van der Waals surface area contributed by atoms with Gasteiger partial charge in [0.05, 0.1) is 5.60 Å². The van der Waals surface area contributed by atoms with Gasteiger partial charge in [0.15, 0.2) is 5.90 Å². The first-order chi connectivity index (χ1) is 10.8. The summed E-state index contributed by atoms with van der Waals surface area (Å²) in [5.74, 6) is 1.63. The number of ether oxygens (including phenoxy) is 2. The van der Waals surface area contributed by atoms with Crippen LogP contribution < -0.4 is 18.9 Å². The summed E-state index contributed by atoms with van der Waals surface area (Å²) in [6, 6.07) is 0.0841. The van der Waals surface area contributed by atoms with E-state index in [1.165, 1.54) is 0 Å². The molecule has 3 aliphatic rings. The summed E-state index contributed by atoms with van der Waals surface area (Å²) in [5.41, 5.74) is -0.200. The Labute approximate surface area is 171 Å². The average Bonchev–Trinajstić information content (AvgIpc) is 3.31. The number of nitrogens with zero attached hydrogens (tertiary/aromatic N) is 1. The normalized spacial score (nSPS) is 23.5. The van der Waals surface area contributed by atoms with Gasteiger partial charge in [-0.3, -0.25) is 0 Å². The van der Waals surface area contributed by atoms with Gasteiger partial charge < -0.3 is 15.9 Å². The molecule has 124 valence electrons. The Morgan fingerprint density at radius 1 is 1.17 bits per heavy atom. The van der Waals surface area contributed by atoms with Gasteiger partial charge in [-0.15, -0.1) is 5.92 Å². The number of hydrogen-bond donors (Lipinski definition) is 0. The first kappa shape index (κ1) is 24.5. The number of aliphatic imine (C=N–C) groups is 1. The molecule has 3 rings (SSSR count). The van der Waals surface area contributed by atoms with Gasteiger partial charge in [0, 0.05) is 7.11 Å². The van der Waals surface area contributed by atoms with E-state index in [0.717, 1.165) is 18.8 Å². The molecule has 0 amide bonds. The molecule has 0 aromatic heterocycles. The van der Waals surface area contributed by atoms with Crippen molar-refractivity contribution in [2.24, 2.45) is 4.99 Å². The Morgan fingerprint density at radius 3 is 2.17 bits per heavy atom. The summed E-state index contributed by atoms with van der Waals surface area (Å²) in [7, 11) is 1.76. The van der Waals surface area contributed by atoms with E-state index in [1.807, 2.05) is 51.4 Å². The molecule has 2 aliphatic carbocycles. The van der Waals surface area contributed by atoms with Gasteiger partial charge in [0.2, 0.25) is 0 Å². The van der Waals surface area contributed by atoms with Gasteiger partial charge in [0.1, 0.15) is 12.6 Å². The fourth-order valence-electron chi connectivity index (χ4n) is 2.72. The quantitative estimate of drug-likeness (QED) is 0.521. The molecule has 0 aromatic rings. The van der Waals surface area contributed by atoms with Crippen molar-refractivity contribution in [3.8, 4) is 0 Å². The molecule has 1 atom stereocenters. The Hall–Kier alpha value is 0.547. The molecule has 24 heavy (non-hydrogen) atoms. The molecule has 1 aliphatic heterocycles. The van der Waals surface area contributed by atoms with Crippen molar-refractivity contribution in [2.45, 2.75) is 38.3 Å². The summed E-state index contributed by atoms with van der Waals surface area (Å²) in [5, 5.41) is 0. The van der Waals surface area contributed by atoms with Crippen molar-refractivity contribution in [2.75, 3.05) is 13.7 Å². The third-order valence-electron chi connectivity index (χ3n) is 4.25. The molecule has 0 N–H and O–H groups in total. The summed E-state index contributed by atoms with van der Waals surface area (Å²) < 4.78 is 11.3. The minimum absolute atomic E-state index is 0. The fourth-order valence-corrected chi connectivity index (χ4v) is 2.72. The zero-order valence-electron chi connectivity index (χ0n) is 14.9. The second kappa shape index (κ2) is 12.8. The Bertz CT molecular complexity index is 335. The monoisotopic (exact) mass is 361 g/mol. The number of methoxy groups -OCH3 is 1. The van der Waals surface area contributed by atoms with E-state index < -0.39 is 0 Å². The van der Waals surface area contributed by atoms with Crippen molar-refractivity contribution in [1.82, 2.24) is 0 Å². The van der Waals surface area contributed by atoms with Gasteiger partial charge >= 0.3 is 35.9 Å². The largest absolute Gasteiger partial charge is 2.00 e. The van der Waals surface area contributed by atoms with E-state index >= 15 is 0 Å². The zero-order chi connectivity index (χ0) is 15.8. The van der Waals surface area contributed by atoms with Crippen molar-refractivity contribution in [3.05, 3.63) is 63.7 Å². The van der Waals surface area contributed by atoms with E-state index in [2.05, 4.69) is 25.3 Å². The number of hydrogen-bond acceptors (Lipinski definition) is 3. The van der Waals surface area contributed by atoms with Crippen molar-refractivity contribution < 1.29 is 45.4 Å². The van der Waals surface area contributed by atoms with Gasteiger partial charge in [0.25, 0.3) is 0 Å². The van der Waals surface area contributed by atoms with Crippen LogP contribution in [0.25, 0.3) is 0 Å². The molecule has 10 radical (unpaired) electrons. The summed E-state index contributed by atoms with van der Waals surface area (Å²) in [6.07, 6.45) is 20.8. The van der Waals surface area contributed by atoms with Gasteiger partial charge in [-0.25, -0.2) is 11.4 Å². The van der Waals surface area contributed by atoms with Crippen LogP contribution in [0, 0.1) is 63.7 Å². The van der Waals surface area contributed by atoms with Gasteiger partial charge in [-0.05, 0) is 44.9 Å². The molecular formula is C19H24FeLiNO2+2. The van der Waals surface area contributed by atoms with Crippen LogP contribution in [0.3, 0.4) is 0 Å². The smallest absolute Gasteiger partial charge is 0.481 e. The van der Waals surface area contributed by atoms with Gasteiger partial charge in [-0.1, -0.05) is 26.7 Å². The third-order valence-corrected chi connectivity index (χ3v) is 4.25. The molecule has 0 saturated heterocycles. The molecule has 0 bridgehead atoms. The second-order valence-corrected chi connectivity index (χ2v) is 5.28. The topological polar surface area (TPSA) is 30.8 Å². The van der Waals surface area contributed by atoms with E-state index in [1.54, 1.807) is 7.11 Å². The maximum Gasteiger partial charge on any atom is 2.00 e. The predicted molar refractivity (Wildman–Crippen MR) is 88.4 cm³/mol. The van der Waals surface area contributed by atoms with Crippen LogP contribution >= 0.6 is 0 Å².